The zero-order valence-electron chi connectivity index (χ0n) is 10.1. The topological polar surface area (TPSA) is 38.3 Å². The van der Waals surface area contributed by atoms with Gasteiger partial charge in [0.25, 0.3) is 5.91 Å². The molecule has 0 fully saturated rings. The van der Waals surface area contributed by atoms with Crippen molar-refractivity contribution in [1.29, 1.82) is 0 Å². The quantitative estimate of drug-likeness (QED) is 0.901. The van der Waals surface area contributed by atoms with Gasteiger partial charge in [-0.05, 0) is 58.4 Å². The van der Waals surface area contributed by atoms with Crippen LogP contribution in [-0.4, -0.2) is 13.0 Å². The van der Waals surface area contributed by atoms with Crippen molar-refractivity contribution in [2.24, 2.45) is 0 Å². The summed E-state index contributed by atoms with van der Waals surface area (Å²) >= 11 is 9.20. The third-order valence-electron chi connectivity index (χ3n) is 2.53. The van der Waals surface area contributed by atoms with Crippen LogP contribution in [0.25, 0.3) is 0 Å². The number of rotatable bonds is 3. The lowest BCUT2D eigenvalue weighted by Gasteiger charge is -2.08. The maximum absolute atomic E-state index is 12.0. The van der Waals surface area contributed by atoms with Crippen molar-refractivity contribution in [3.63, 3.8) is 0 Å². The van der Waals surface area contributed by atoms with Gasteiger partial charge in [0, 0.05) is 15.1 Å². The predicted octanol–water partition coefficient (Wildman–Crippen LogP) is 4.36. The van der Waals surface area contributed by atoms with Crippen molar-refractivity contribution in [2.75, 3.05) is 12.4 Å². The molecule has 3 nitrogen and oxygen atoms in total. The Morgan fingerprint density at radius 2 is 1.89 bits per heavy atom. The summed E-state index contributed by atoms with van der Waals surface area (Å²) in [6.07, 6.45) is 0. The summed E-state index contributed by atoms with van der Waals surface area (Å²) in [6, 6.07) is 12.1. The first kappa shape index (κ1) is 13.9. The highest BCUT2D eigenvalue weighted by molar-refractivity contribution is 9.10. The molecular weight excluding hydrogens is 330 g/mol. The minimum Gasteiger partial charge on any atom is -0.497 e. The van der Waals surface area contributed by atoms with Gasteiger partial charge in [0.15, 0.2) is 0 Å². The van der Waals surface area contributed by atoms with Crippen molar-refractivity contribution in [2.45, 2.75) is 0 Å². The van der Waals surface area contributed by atoms with Crippen LogP contribution >= 0.6 is 27.5 Å². The van der Waals surface area contributed by atoms with Crippen molar-refractivity contribution in [3.05, 3.63) is 57.5 Å². The van der Waals surface area contributed by atoms with E-state index in [0.717, 1.165) is 4.47 Å². The molecule has 0 aliphatic carbocycles. The van der Waals surface area contributed by atoms with E-state index in [0.29, 0.717) is 22.0 Å². The van der Waals surface area contributed by atoms with Crippen LogP contribution in [0.1, 0.15) is 10.4 Å². The fourth-order valence-electron chi connectivity index (χ4n) is 1.53. The summed E-state index contributed by atoms with van der Waals surface area (Å²) in [5, 5.41) is 3.41. The zero-order valence-corrected chi connectivity index (χ0v) is 12.5. The van der Waals surface area contributed by atoms with Gasteiger partial charge in [0.05, 0.1) is 12.8 Å². The van der Waals surface area contributed by atoms with Gasteiger partial charge in [-0.25, -0.2) is 0 Å². The van der Waals surface area contributed by atoms with E-state index in [4.69, 9.17) is 16.3 Å². The Bertz CT molecular complexity index is 599. The molecule has 0 heterocycles. The van der Waals surface area contributed by atoms with Gasteiger partial charge in [-0.2, -0.15) is 0 Å². The molecule has 0 unspecified atom stereocenters. The fourth-order valence-corrected chi connectivity index (χ4v) is 2.31. The van der Waals surface area contributed by atoms with E-state index in [-0.39, 0.29) is 5.91 Å². The van der Waals surface area contributed by atoms with Gasteiger partial charge in [0.1, 0.15) is 5.75 Å². The highest BCUT2D eigenvalue weighted by atomic mass is 79.9. The highest BCUT2D eigenvalue weighted by Crippen LogP contribution is 2.26. The molecule has 0 atom stereocenters. The number of ether oxygens (including phenoxy) is 1. The third kappa shape index (κ3) is 3.49. The molecule has 0 saturated heterocycles. The van der Waals surface area contributed by atoms with E-state index in [2.05, 4.69) is 21.2 Å². The van der Waals surface area contributed by atoms with E-state index in [9.17, 15) is 4.79 Å². The van der Waals surface area contributed by atoms with E-state index in [1.165, 1.54) is 0 Å². The minimum atomic E-state index is -0.189. The SMILES string of the molecule is COc1ccc(C(=O)Nc2ccc(Cl)cc2Br)cc1. The molecule has 0 radical (unpaired) electrons. The van der Waals surface area contributed by atoms with Crippen molar-refractivity contribution < 1.29 is 9.53 Å². The molecule has 2 aromatic rings. The standard InChI is InChI=1S/C14H11BrClNO2/c1-19-11-5-2-9(3-6-11)14(18)17-13-7-4-10(16)8-12(13)15/h2-8H,1H3,(H,17,18). The molecule has 5 heteroatoms. The number of hydrogen-bond acceptors (Lipinski definition) is 2. The molecule has 0 aliphatic rings. The summed E-state index contributed by atoms with van der Waals surface area (Å²) in [4.78, 5) is 12.0. The summed E-state index contributed by atoms with van der Waals surface area (Å²) < 4.78 is 5.78. The number of halogens is 2. The Morgan fingerprint density at radius 1 is 1.21 bits per heavy atom. The molecule has 98 valence electrons. The molecular formula is C14H11BrClNO2. The van der Waals surface area contributed by atoms with E-state index >= 15 is 0 Å². The van der Waals surface area contributed by atoms with Gasteiger partial charge < -0.3 is 10.1 Å². The monoisotopic (exact) mass is 339 g/mol. The van der Waals surface area contributed by atoms with Gasteiger partial charge in [-0.3, -0.25) is 4.79 Å². The molecule has 0 spiro atoms. The number of amides is 1. The molecule has 0 aromatic heterocycles. The average Bonchev–Trinajstić information content (AvgIpc) is 2.42. The Hall–Kier alpha value is -1.52. The molecule has 0 saturated carbocycles. The Labute approximate surface area is 124 Å². The van der Waals surface area contributed by atoms with Crippen LogP contribution in [0, 0.1) is 0 Å². The summed E-state index contributed by atoms with van der Waals surface area (Å²) in [5.74, 6) is 0.523. The number of carbonyl (C=O) groups is 1. The summed E-state index contributed by atoms with van der Waals surface area (Å²) in [6.45, 7) is 0. The van der Waals surface area contributed by atoms with Crippen molar-refractivity contribution >= 4 is 39.1 Å². The molecule has 19 heavy (non-hydrogen) atoms. The van der Waals surface area contributed by atoms with Crippen LogP contribution in [0.2, 0.25) is 5.02 Å². The second kappa shape index (κ2) is 6.08. The smallest absolute Gasteiger partial charge is 0.255 e. The van der Waals surface area contributed by atoms with Crippen molar-refractivity contribution in [3.8, 4) is 5.75 Å². The maximum atomic E-state index is 12.0. The van der Waals surface area contributed by atoms with E-state index < -0.39 is 0 Å². The largest absolute Gasteiger partial charge is 0.497 e. The van der Waals surface area contributed by atoms with E-state index in [1.54, 1.807) is 49.6 Å². The lowest BCUT2D eigenvalue weighted by Crippen LogP contribution is -2.12. The first-order valence-electron chi connectivity index (χ1n) is 5.50. The first-order valence-corrected chi connectivity index (χ1v) is 6.67. The Morgan fingerprint density at radius 3 is 2.47 bits per heavy atom. The van der Waals surface area contributed by atoms with Crippen LogP contribution in [0.5, 0.6) is 5.75 Å². The second-order valence-corrected chi connectivity index (χ2v) is 5.10. The molecule has 0 bridgehead atoms. The summed E-state index contributed by atoms with van der Waals surface area (Å²) in [5.41, 5.74) is 1.23. The lowest BCUT2D eigenvalue weighted by molar-refractivity contribution is 0.102. The first-order chi connectivity index (χ1) is 9.10. The van der Waals surface area contributed by atoms with Crippen LogP contribution in [-0.2, 0) is 0 Å². The fraction of sp³-hybridized carbons (Fsp3) is 0.0714. The molecule has 1 amide bonds. The van der Waals surface area contributed by atoms with Crippen LogP contribution in [0.3, 0.4) is 0 Å². The second-order valence-electron chi connectivity index (χ2n) is 3.81. The number of hydrogen-bond donors (Lipinski definition) is 1. The minimum absolute atomic E-state index is 0.189. The number of methoxy groups -OCH3 is 1. The molecule has 0 aliphatic heterocycles. The number of carbonyl (C=O) groups excluding carboxylic acids is 1. The maximum Gasteiger partial charge on any atom is 0.255 e. The van der Waals surface area contributed by atoms with Crippen LogP contribution < -0.4 is 10.1 Å². The molecule has 2 rings (SSSR count). The van der Waals surface area contributed by atoms with Gasteiger partial charge in [-0.1, -0.05) is 11.6 Å². The van der Waals surface area contributed by atoms with Crippen LogP contribution in [0.4, 0.5) is 5.69 Å². The lowest BCUT2D eigenvalue weighted by atomic mass is 10.2. The Kier molecular flexibility index (Phi) is 4.45. The van der Waals surface area contributed by atoms with Crippen LogP contribution in [0.15, 0.2) is 46.9 Å². The predicted molar refractivity (Wildman–Crippen MR) is 80.1 cm³/mol. The number of benzene rings is 2. The zero-order chi connectivity index (χ0) is 13.8. The summed E-state index contributed by atoms with van der Waals surface area (Å²) in [7, 11) is 1.58. The highest BCUT2D eigenvalue weighted by Gasteiger charge is 2.08. The normalized spacial score (nSPS) is 10.1. The van der Waals surface area contributed by atoms with Crippen molar-refractivity contribution in [1.82, 2.24) is 0 Å². The molecule has 1 N–H and O–H groups in total. The van der Waals surface area contributed by atoms with Gasteiger partial charge in [-0.15, -0.1) is 0 Å². The molecule has 2 aromatic carbocycles. The van der Waals surface area contributed by atoms with E-state index in [1.807, 2.05) is 0 Å². The third-order valence-corrected chi connectivity index (χ3v) is 3.42. The number of anilines is 1. The Balaban J connectivity index is 2.15. The van der Waals surface area contributed by atoms with Gasteiger partial charge in [0.2, 0.25) is 0 Å². The number of nitrogens with one attached hydrogen (secondary N) is 1. The average molecular weight is 341 g/mol. The van der Waals surface area contributed by atoms with Gasteiger partial charge >= 0.3 is 0 Å².